The fourth-order valence-corrected chi connectivity index (χ4v) is 6.89. The number of fused-ring (bicyclic) bond motifs is 1. The number of aromatic carboxylic acids is 1. The molecule has 1 atom stereocenters. The maximum atomic E-state index is 13.3. The van der Waals surface area contributed by atoms with Crippen LogP contribution in [0.3, 0.4) is 0 Å². The predicted octanol–water partition coefficient (Wildman–Crippen LogP) is 6.71. The fraction of sp³-hybridized carbons (Fsp3) is 0.367. The monoisotopic (exact) mass is 516 g/mol. The SMILES string of the molecule is CC(=O)NC1(C2CCCCC2)CCCC(=O)N1c1cc(-c2ccccc2)sc1C(=O)O.c1cc2ccc1-2. The number of hydrogen-bond donors (Lipinski definition) is 2. The van der Waals surface area contributed by atoms with Gasteiger partial charge in [0.25, 0.3) is 0 Å². The second-order valence-electron chi connectivity index (χ2n) is 10.1. The van der Waals surface area contributed by atoms with Gasteiger partial charge < -0.3 is 10.4 Å². The maximum absolute atomic E-state index is 13.3. The molecule has 3 aliphatic carbocycles. The molecule has 4 aliphatic rings. The van der Waals surface area contributed by atoms with E-state index in [0.29, 0.717) is 24.9 Å². The number of carbonyl (C=O) groups is 3. The van der Waals surface area contributed by atoms with E-state index in [9.17, 15) is 19.5 Å². The normalized spacial score (nSPS) is 20.6. The van der Waals surface area contributed by atoms with Crippen molar-refractivity contribution in [2.75, 3.05) is 4.90 Å². The Kier molecular flexibility index (Phi) is 7.15. The first-order valence-corrected chi connectivity index (χ1v) is 13.9. The van der Waals surface area contributed by atoms with E-state index in [0.717, 1.165) is 42.5 Å². The quantitative estimate of drug-likeness (QED) is 0.309. The smallest absolute Gasteiger partial charge is 0.348 e. The standard InChI is InChI=1S/C24H28N2O4S.C6H4/c1-16(27)25-24(18-11-6-3-7-12-18)14-8-13-21(28)26(24)19-15-20(31-22(19)23(29)30)17-9-4-2-5-10-17;1-2-6-4-3-5(1)6/h2,4-5,9-10,15,18H,3,6-8,11-14H2,1H3,(H,25,27)(H,29,30);1-4H. The van der Waals surface area contributed by atoms with Gasteiger partial charge in [-0.2, -0.15) is 0 Å². The first-order valence-electron chi connectivity index (χ1n) is 13.0. The second-order valence-corrected chi connectivity index (χ2v) is 11.1. The minimum Gasteiger partial charge on any atom is -0.477 e. The predicted molar refractivity (Wildman–Crippen MR) is 147 cm³/mol. The Morgan fingerprint density at radius 2 is 1.59 bits per heavy atom. The van der Waals surface area contributed by atoms with E-state index < -0.39 is 11.6 Å². The van der Waals surface area contributed by atoms with Gasteiger partial charge in [0.1, 0.15) is 10.5 Å². The van der Waals surface area contributed by atoms with Crippen LogP contribution in [0, 0.1) is 5.92 Å². The van der Waals surface area contributed by atoms with Crippen LogP contribution in [-0.2, 0) is 9.59 Å². The Morgan fingerprint density at radius 1 is 0.946 bits per heavy atom. The Bertz CT molecular complexity index is 1270. The Morgan fingerprint density at radius 3 is 2.14 bits per heavy atom. The van der Waals surface area contributed by atoms with E-state index in [-0.39, 0.29) is 22.6 Å². The highest BCUT2D eigenvalue weighted by Gasteiger charge is 2.50. The molecule has 1 unspecified atom stereocenters. The number of anilines is 1. The summed E-state index contributed by atoms with van der Waals surface area (Å²) in [6.45, 7) is 1.48. The number of piperidine rings is 1. The molecule has 0 bridgehead atoms. The highest BCUT2D eigenvalue weighted by molar-refractivity contribution is 7.18. The third-order valence-corrected chi connectivity index (χ3v) is 8.86. The third-order valence-electron chi connectivity index (χ3n) is 7.69. The van der Waals surface area contributed by atoms with Gasteiger partial charge in [0.2, 0.25) is 11.8 Å². The average molecular weight is 517 g/mol. The van der Waals surface area contributed by atoms with Gasteiger partial charge in [-0.15, -0.1) is 11.3 Å². The molecule has 7 heteroatoms. The number of thiophene rings is 1. The molecule has 2 N–H and O–H groups in total. The van der Waals surface area contributed by atoms with Gasteiger partial charge in [-0.25, -0.2) is 4.79 Å². The zero-order valence-electron chi connectivity index (χ0n) is 21.0. The molecule has 2 fully saturated rings. The minimum atomic E-state index is -1.05. The molecule has 6 rings (SSSR count). The van der Waals surface area contributed by atoms with Gasteiger partial charge in [0, 0.05) is 24.1 Å². The summed E-state index contributed by atoms with van der Waals surface area (Å²) in [5.74, 6) is -1.26. The van der Waals surface area contributed by atoms with E-state index in [1.807, 2.05) is 36.4 Å². The summed E-state index contributed by atoms with van der Waals surface area (Å²) in [6.07, 6.45) is 6.77. The lowest BCUT2D eigenvalue weighted by atomic mass is 9.74. The van der Waals surface area contributed by atoms with Crippen molar-refractivity contribution in [2.24, 2.45) is 5.92 Å². The fourth-order valence-electron chi connectivity index (χ4n) is 5.90. The number of rotatable bonds is 5. The van der Waals surface area contributed by atoms with E-state index in [4.69, 9.17) is 0 Å². The number of amides is 2. The lowest BCUT2D eigenvalue weighted by Crippen LogP contribution is -2.68. The van der Waals surface area contributed by atoms with Crippen LogP contribution in [0.15, 0.2) is 60.7 Å². The number of carboxylic acids is 1. The van der Waals surface area contributed by atoms with Crippen LogP contribution < -0.4 is 10.2 Å². The lowest BCUT2D eigenvalue weighted by Gasteiger charge is -2.52. The second kappa shape index (κ2) is 10.5. The molecule has 2 amide bonds. The van der Waals surface area contributed by atoms with Crippen LogP contribution in [0.2, 0.25) is 0 Å². The topological polar surface area (TPSA) is 86.7 Å². The zero-order valence-corrected chi connectivity index (χ0v) is 21.9. The van der Waals surface area contributed by atoms with Crippen molar-refractivity contribution in [3.63, 3.8) is 0 Å². The van der Waals surface area contributed by atoms with Gasteiger partial charge in [-0.05, 0) is 48.4 Å². The van der Waals surface area contributed by atoms with Crippen molar-refractivity contribution in [1.82, 2.24) is 5.32 Å². The number of nitrogens with zero attached hydrogens (tertiary/aromatic N) is 1. The molecule has 2 aromatic rings. The summed E-state index contributed by atoms with van der Waals surface area (Å²) in [7, 11) is 0. The molecule has 1 aromatic carbocycles. The lowest BCUT2D eigenvalue weighted by molar-refractivity contribution is -0.127. The molecule has 37 heavy (non-hydrogen) atoms. The first kappa shape index (κ1) is 25.2. The number of carbonyl (C=O) groups excluding carboxylic acids is 2. The molecule has 2 heterocycles. The van der Waals surface area contributed by atoms with E-state index in [1.165, 1.54) is 29.4 Å². The van der Waals surface area contributed by atoms with Crippen LogP contribution in [0.1, 0.15) is 68.0 Å². The van der Waals surface area contributed by atoms with Crippen molar-refractivity contribution in [3.05, 3.63) is 65.5 Å². The van der Waals surface area contributed by atoms with Gasteiger partial charge in [0.05, 0.1) is 5.69 Å². The van der Waals surface area contributed by atoms with Crippen LogP contribution >= 0.6 is 11.3 Å². The van der Waals surface area contributed by atoms with Crippen molar-refractivity contribution in [1.29, 1.82) is 0 Å². The van der Waals surface area contributed by atoms with Crippen LogP contribution in [0.5, 0.6) is 0 Å². The molecule has 1 saturated heterocycles. The highest BCUT2D eigenvalue weighted by Crippen LogP contribution is 2.47. The van der Waals surface area contributed by atoms with Gasteiger partial charge in [-0.3, -0.25) is 14.5 Å². The van der Waals surface area contributed by atoms with Crippen molar-refractivity contribution in [3.8, 4) is 21.6 Å². The Hall–Kier alpha value is -3.45. The maximum Gasteiger partial charge on any atom is 0.348 e. The number of nitrogens with one attached hydrogen (secondary N) is 1. The Balaban J connectivity index is 0.000000403. The summed E-state index contributed by atoms with van der Waals surface area (Å²) in [4.78, 5) is 40.5. The molecular weight excluding hydrogens is 484 g/mol. The molecule has 0 spiro atoms. The van der Waals surface area contributed by atoms with Crippen LogP contribution in [0.4, 0.5) is 5.69 Å². The first-order chi connectivity index (χ1) is 17.9. The zero-order chi connectivity index (χ0) is 26.0. The highest BCUT2D eigenvalue weighted by atomic mass is 32.1. The number of carboxylic acid groups (broad SMARTS) is 1. The molecule has 1 aliphatic heterocycles. The molecule has 0 radical (unpaired) electrons. The summed E-state index contributed by atoms with van der Waals surface area (Å²) in [5.41, 5.74) is 3.29. The summed E-state index contributed by atoms with van der Waals surface area (Å²) in [6, 6.07) is 19.9. The van der Waals surface area contributed by atoms with Crippen molar-refractivity contribution >= 4 is 34.8 Å². The molecule has 1 saturated carbocycles. The summed E-state index contributed by atoms with van der Waals surface area (Å²) >= 11 is 1.18. The Labute approximate surface area is 221 Å². The largest absolute Gasteiger partial charge is 0.477 e. The van der Waals surface area contributed by atoms with E-state index in [1.54, 1.807) is 4.90 Å². The molecule has 6 nitrogen and oxygen atoms in total. The average Bonchev–Trinajstić information content (AvgIpc) is 3.32. The summed E-state index contributed by atoms with van der Waals surface area (Å²) < 4.78 is 0. The number of benzene rings is 2. The van der Waals surface area contributed by atoms with Crippen LogP contribution in [-0.4, -0.2) is 28.6 Å². The third kappa shape index (κ3) is 4.92. The van der Waals surface area contributed by atoms with Crippen LogP contribution in [0.25, 0.3) is 21.6 Å². The van der Waals surface area contributed by atoms with Gasteiger partial charge >= 0.3 is 5.97 Å². The number of hydrogen-bond acceptors (Lipinski definition) is 4. The van der Waals surface area contributed by atoms with Gasteiger partial charge in [0.15, 0.2) is 0 Å². The molecule has 192 valence electrons. The minimum absolute atomic E-state index is 0.108. The molecule has 1 aromatic heterocycles. The van der Waals surface area contributed by atoms with E-state index >= 15 is 0 Å². The van der Waals surface area contributed by atoms with Gasteiger partial charge in [-0.1, -0.05) is 73.9 Å². The van der Waals surface area contributed by atoms with Crippen molar-refractivity contribution < 1.29 is 19.5 Å². The molecular formula is C30H32N2O4S. The van der Waals surface area contributed by atoms with Crippen molar-refractivity contribution in [2.45, 2.75) is 64.0 Å². The summed E-state index contributed by atoms with van der Waals surface area (Å²) in [5, 5.41) is 13.1. The van der Waals surface area contributed by atoms with E-state index in [2.05, 4.69) is 29.6 Å².